The number of methoxy groups -OCH3 is 1. The molecule has 3 aromatic rings. The van der Waals surface area contributed by atoms with E-state index in [1.807, 2.05) is 41.8 Å². The van der Waals surface area contributed by atoms with E-state index in [1.165, 1.54) is 0 Å². The largest absolute Gasteiger partial charge is 0.506 e. The van der Waals surface area contributed by atoms with Crippen LogP contribution in [0.5, 0.6) is 11.5 Å². The fraction of sp³-hybridized carbons (Fsp3) is 0.250. The number of phenols is 1. The lowest BCUT2D eigenvalue weighted by Gasteiger charge is -2.37. The molecule has 0 spiro atoms. The van der Waals surface area contributed by atoms with Crippen molar-refractivity contribution in [1.82, 2.24) is 0 Å². The fourth-order valence-corrected chi connectivity index (χ4v) is 4.28. The van der Waals surface area contributed by atoms with Gasteiger partial charge in [0.05, 0.1) is 18.5 Å². The molecule has 0 bridgehead atoms. The second-order valence-corrected chi connectivity index (χ2v) is 7.19. The molecule has 0 radical (unpaired) electrons. The molecule has 1 aliphatic rings. The number of hydrogen-bond acceptors (Lipinski definition) is 6. The van der Waals surface area contributed by atoms with Gasteiger partial charge in [-0.15, -0.1) is 11.3 Å². The predicted molar refractivity (Wildman–Crippen MR) is 107 cm³/mol. The molecule has 0 atom stereocenters. The van der Waals surface area contributed by atoms with Crippen LogP contribution in [0.15, 0.2) is 52.6 Å². The molecule has 1 saturated heterocycles. The van der Waals surface area contributed by atoms with E-state index in [-0.39, 0.29) is 5.43 Å². The first-order valence-corrected chi connectivity index (χ1v) is 9.43. The van der Waals surface area contributed by atoms with Gasteiger partial charge in [-0.2, -0.15) is 0 Å². The highest BCUT2D eigenvalue weighted by Gasteiger charge is 2.21. The minimum absolute atomic E-state index is 0.0497. The molecule has 4 rings (SSSR count). The van der Waals surface area contributed by atoms with Gasteiger partial charge in [0.2, 0.25) is 5.43 Å². The Morgan fingerprint density at radius 2 is 1.69 bits per heavy atom. The highest BCUT2D eigenvalue weighted by molar-refractivity contribution is 7.16. The summed E-state index contributed by atoms with van der Waals surface area (Å²) in [6.45, 7) is 3.01. The fourth-order valence-electron chi connectivity index (χ4n) is 3.37. The number of aromatic hydroxyl groups is 1. The smallest absolute Gasteiger partial charge is 0.211 e. The molecule has 1 fully saturated rings. The molecule has 0 saturated carbocycles. The summed E-state index contributed by atoms with van der Waals surface area (Å²) in [7, 11) is 1.61. The number of rotatable bonds is 3. The maximum atomic E-state index is 13.0. The highest BCUT2D eigenvalue weighted by Crippen LogP contribution is 2.29. The van der Waals surface area contributed by atoms with Crippen molar-refractivity contribution in [3.8, 4) is 11.5 Å². The molecule has 0 amide bonds. The third-order valence-corrected chi connectivity index (χ3v) is 5.76. The number of phenolic OH excluding ortho intramolecular Hbond substituents is 1. The lowest BCUT2D eigenvalue weighted by atomic mass is 10.2. The highest BCUT2D eigenvalue weighted by atomic mass is 32.1. The van der Waals surface area contributed by atoms with Crippen LogP contribution in [0.4, 0.5) is 11.4 Å². The number of anilines is 2. The molecule has 134 valence electrons. The first-order chi connectivity index (χ1) is 12.7. The van der Waals surface area contributed by atoms with E-state index in [1.54, 1.807) is 24.5 Å². The number of fused-ring (bicyclic) bond motifs is 1. The van der Waals surface area contributed by atoms with E-state index >= 15 is 0 Å². The first-order valence-electron chi connectivity index (χ1n) is 8.55. The molecule has 1 N–H and O–H groups in total. The van der Waals surface area contributed by atoms with Gasteiger partial charge in [0.1, 0.15) is 11.5 Å². The van der Waals surface area contributed by atoms with Crippen LogP contribution >= 0.6 is 11.3 Å². The van der Waals surface area contributed by atoms with Crippen LogP contribution in [0, 0.1) is 0 Å². The molecule has 0 unspecified atom stereocenters. The van der Waals surface area contributed by atoms with Crippen LogP contribution in [0.1, 0.15) is 0 Å². The predicted octanol–water partition coefficient (Wildman–Crippen LogP) is 3.30. The summed E-state index contributed by atoms with van der Waals surface area (Å²) >= 11 is 1.58. The van der Waals surface area contributed by atoms with Crippen molar-refractivity contribution in [2.24, 2.45) is 0 Å². The summed E-state index contributed by atoms with van der Waals surface area (Å²) in [5.74, 6) is 0.994. The van der Waals surface area contributed by atoms with Crippen LogP contribution in [-0.2, 0) is 0 Å². The van der Waals surface area contributed by atoms with Crippen LogP contribution in [0.2, 0.25) is 0 Å². The SMILES string of the molecule is COc1ccc2scc(N3CCN(c4ccccc4O)CC3)c(=O)c2c1. The molecule has 5 nitrogen and oxygen atoms in total. The third-order valence-electron chi connectivity index (χ3n) is 4.80. The second kappa shape index (κ2) is 6.88. The van der Waals surface area contributed by atoms with E-state index in [0.717, 1.165) is 42.3 Å². The number of hydrogen-bond donors (Lipinski definition) is 1. The zero-order chi connectivity index (χ0) is 18.1. The number of para-hydroxylation sites is 2. The van der Waals surface area contributed by atoms with Crippen LogP contribution < -0.4 is 20.0 Å². The molecule has 2 aromatic carbocycles. The number of piperazine rings is 1. The van der Waals surface area contributed by atoms with Crippen molar-refractivity contribution in [3.05, 3.63) is 58.1 Å². The molecular weight excluding hydrogens is 348 g/mol. The summed E-state index contributed by atoms with van der Waals surface area (Å²) in [6, 6.07) is 13.0. The number of benzene rings is 2. The summed E-state index contributed by atoms with van der Waals surface area (Å²) in [5, 5.41) is 12.7. The minimum atomic E-state index is 0.0497. The Kier molecular flexibility index (Phi) is 4.42. The normalized spacial score (nSPS) is 14.7. The topological polar surface area (TPSA) is 53.0 Å². The summed E-state index contributed by atoms with van der Waals surface area (Å²) in [5.41, 5.74) is 1.64. The van der Waals surface area contributed by atoms with Crippen molar-refractivity contribution in [3.63, 3.8) is 0 Å². The van der Waals surface area contributed by atoms with Crippen LogP contribution in [0.25, 0.3) is 10.1 Å². The first kappa shape index (κ1) is 16.7. The van der Waals surface area contributed by atoms with Gasteiger partial charge in [0, 0.05) is 41.6 Å². The van der Waals surface area contributed by atoms with Gasteiger partial charge in [-0.25, -0.2) is 0 Å². The zero-order valence-electron chi connectivity index (χ0n) is 14.5. The van der Waals surface area contributed by atoms with Gasteiger partial charge in [0.15, 0.2) is 0 Å². The number of ether oxygens (including phenoxy) is 1. The van der Waals surface area contributed by atoms with E-state index in [2.05, 4.69) is 9.80 Å². The van der Waals surface area contributed by atoms with Gasteiger partial charge in [-0.1, -0.05) is 12.1 Å². The van der Waals surface area contributed by atoms with E-state index in [0.29, 0.717) is 16.9 Å². The van der Waals surface area contributed by atoms with Crippen molar-refractivity contribution < 1.29 is 9.84 Å². The molecule has 1 aromatic heterocycles. The van der Waals surface area contributed by atoms with Gasteiger partial charge in [-0.3, -0.25) is 4.79 Å². The van der Waals surface area contributed by atoms with E-state index in [9.17, 15) is 9.90 Å². The van der Waals surface area contributed by atoms with Crippen molar-refractivity contribution in [1.29, 1.82) is 0 Å². The average molecular weight is 368 g/mol. The molecular formula is C20H20N2O3S. The van der Waals surface area contributed by atoms with Crippen LogP contribution in [-0.4, -0.2) is 38.4 Å². The molecule has 1 aliphatic heterocycles. The monoisotopic (exact) mass is 368 g/mol. The van der Waals surface area contributed by atoms with Gasteiger partial charge in [-0.05, 0) is 30.3 Å². The Balaban J connectivity index is 1.59. The summed E-state index contributed by atoms with van der Waals surface area (Å²) < 4.78 is 6.22. The standard InChI is InChI=1S/C20H20N2O3S/c1-25-14-6-7-19-15(12-14)20(24)17(13-26-19)22-10-8-21(9-11-22)16-4-2-3-5-18(16)23/h2-7,12-13,23H,8-11H2,1H3. The van der Waals surface area contributed by atoms with E-state index in [4.69, 9.17) is 4.74 Å². The van der Waals surface area contributed by atoms with Gasteiger partial charge < -0.3 is 19.6 Å². The lowest BCUT2D eigenvalue weighted by Crippen LogP contribution is -2.47. The molecule has 2 heterocycles. The Bertz CT molecular complexity index is 994. The van der Waals surface area contributed by atoms with Crippen LogP contribution in [0.3, 0.4) is 0 Å². The van der Waals surface area contributed by atoms with Crippen molar-refractivity contribution in [2.45, 2.75) is 0 Å². The average Bonchev–Trinajstić information content (AvgIpc) is 2.69. The summed E-state index contributed by atoms with van der Waals surface area (Å²) in [4.78, 5) is 17.2. The second-order valence-electron chi connectivity index (χ2n) is 6.27. The molecule has 0 aliphatic carbocycles. The third kappa shape index (κ3) is 2.97. The van der Waals surface area contributed by atoms with Crippen molar-refractivity contribution in [2.75, 3.05) is 43.1 Å². The molecule has 26 heavy (non-hydrogen) atoms. The number of nitrogens with zero attached hydrogens (tertiary/aromatic N) is 2. The maximum absolute atomic E-state index is 13.0. The minimum Gasteiger partial charge on any atom is -0.506 e. The Labute approximate surface area is 155 Å². The molecule has 6 heteroatoms. The van der Waals surface area contributed by atoms with Crippen molar-refractivity contribution >= 4 is 32.8 Å². The quantitative estimate of drug-likeness (QED) is 0.769. The maximum Gasteiger partial charge on any atom is 0.211 e. The zero-order valence-corrected chi connectivity index (χ0v) is 15.3. The summed E-state index contributed by atoms with van der Waals surface area (Å²) in [6.07, 6.45) is 0. The Morgan fingerprint density at radius 3 is 2.38 bits per heavy atom. The Hall–Kier alpha value is -2.73. The van der Waals surface area contributed by atoms with Gasteiger partial charge in [0.25, 0.3) is 0 Å². The van der Waals surface area contributed by atoms with E-state index < -0.39 is 0 Å². The lowest BCUT2D eigenvalue weighted by molar-refractivity contribution is 0.415. The van der Waals surface area contributed by atoms with Gasteiger partial charge >= 0.3 is 0 Å². The Morgan fingerprint density at radius 1 is 1.00 bits per heavy atom.